The van der Waals surface area contributed by atoms with Crippen molar-refractivity contribution in [1.82, 2.24) is 0 Å². The lowest BCUT2D eigenvalue weighted by molar-refractivity contribution is 0.477. The highest BCUT2D eigenvalue weighted by Crippen LogP contribution is 2.30. The number of phenolic OH excluding ortho intramolecular Hbond substituents is 1. The zero-order chi connectivity index (χ0) is 13.9. The third kappa shape index (κ3) is 2.54. The summed E-state index contributed by atoms with van der Waals surface area (Å²) < 4.78 is 0. The molecular formula is C18H13ClO. The predicted octanol–water partition coefficient (Wildman–Crippen LogP) is 5.38. The van der Waals surface area contributed by atoms with E-state index in [0.717, 1.165) is 27.3 Å². The lowest BCUT2D eigenvalue weighted by Gasteiger charge is -2.07. The van der Waals surface area contributed by atoms with Crippen LogP contribution in [0.3, 0.4) is 0 Å². The fraction of sp³-hybridized carbons (Fsp3) is 0. The molecule has 0 amide bonds. The zero-order valence-corrected chi connectivity index (χ0v) is 11.5. The quantitative estimate of drug-likeness (QED) is 0.668. The summed E-state index contributed by atoms with van der Waals surface area (Å²) in [5, 5.41) is 10.6. The van der Waals surface area contributed by atoms with E-state index in [0.29, 0.717) is 5.75 Å². The first kappa shape index (κ1) is 12.8. The molecule has 0 saturated carbocycles. The first-order valence-electron chi connectivity index (χ1n) is 6.38. The minimum absolute atomic E-state index is 0.294. The molecule has 0 bridgehead atoms. The molecule has 0 spiro atoms. The molecule has 2 heteroatoms. The van der Waals surface area contributed by atoms with Gasteiger partial charge in [0.25, 0.3) is 0 Å². The highest BCUT2D eigenvalue weighted by molar-refractivity contribution is 6.30. The fourth-order valence-electron chi connectivity index (χ4n) is 2.23. The van der Waals surface area contributed by atoms with Gasteiger partial charge in [0, 0.05) is 10.6 Å². The van der Waals surface area contributed by atoms with E-state index < -0.39 is 0 Å². The third-order valence-electron chi connectivity index (χ3n) is 3.26. The maximum Gasteiger partial charge on any atom is 0.123 e. The largest absolute Gasteiger partial charge is 0.507 e. The summed E-state index contributed by atoms with van der Waals surface area (Å²) in [6.45, 7) is 0. The number of hydrogen-bond acceptors (Lipinski definition) is 1. The molecule has 3 aromatic carbocycles. The standard InChI is InChI=1S/C18H13ClO/c19-16-5-3-4-15(12-16)13-8-10-14(11-9-13)17-6-1-2-7-18(17)20/h1-12,20H. The average molecular weight is 281 g/mol. The van der Waals surface area contributed by atoms with E-state index >= 15 is 0 Å². The van der Waals surface area contributed by atoms with Crippen LogP contribution < -0.4 is 0 Å². The van der Waals surface area contributed by atoms with Crippen LogP contribution in [0.4, 0.5) is 0 Å². The summed E-state index contributed by atoms with van der Waals surface area (Å²) in [5.41, 5.74) is 4.02. The summed E-state index contributed by atoms with van der Waals surface area (Å²) in [4.78, 5) is 0. The normalized spacial score (nSPS) is 10.4. The second-order valence-electron chi connectivity index (χ2n) is 4.60. The SMILES string of the molecule is Oc1ccccc1-c1ccc(-c2cccc(Cl)c2)cc1. The van der Waals surface area contributed by atoms with Gasteiger partial charge in [0.1, 0.15) is 5.75 Å². The summed E-state index contributed by atoms with van der Waals surface area (Å²) in [6, 6.07) is 23.2. The van der Waals surface area contributed by atoms with E-state index in [1.165, 1.54) is 0 Å². The first-order chi connectivity index (χ1) is 9.74. The second-order valence-corrected chi connectivity index (χ2v) is 5.04. The smallest absolute Gasteiger partial charge is 0.123 e. The molecule has 0 radical (unpaired) electrons. The van der Waals surface area contributed by atoms with Gasteiger partial charge in [-0.25, -0.2) is 0 Å². The summed E-state index contributed by atoms with van der Waals surface area (Å²) >= 11 is 6.01. The Morgan fingerprint density at radius 1 is 0.650 bits per heavy atom. The van der Waals surface area contributed by atoms with Crippen LogP contribution in [0.1, 0.15) is 0 Å². The van der Waals surface area contributed by atoms with Crippen LogP contribution in [-0.2, 0) is 0 Å². The van der Waals surface area contributed by atoms with E-state index in [1.54, 1.807) is 6.07 Å². The van der Waals surface area contributed by atoms with Crippen molar-refractivity contribution in [3.8, 4) is 28.0 Å². The first-order valence-corrected chi connectivity index (χ1v) is 6.76. The van der Waals surface area contributed by atoms with Crippen LogP contribution in [-0.4, -0.2) is 5.11 Å². The van der Waals surface area contributed by atoms with Gasteiger partial charge in [-0.15, -0.1) is 0 Å². The van der Waals surface area contributed by atoms with Crippen molar-refractivity contribution in [1.29, 1.82) is 0 Å². The van der Waals surface area contributed by atoms with Gasteiger partial charge in [0.05, 0.1) is 0 Å². The number of phenols is 1. The van der Waals surface area contributed by atoms with E-state index in [4.69, 9.17) is 11.6 Å². The van der Waals surface area contributed by atoms with Gasteiger partial charge in [0.2, 0.25) is 0 Å². The van der Waals surface area contributed by atoms with Gasteiger partial charge < -0.3 is 5.11 Å². The van der Waals surface area contributed by atoms with Crippen LogP contribution >= 0.6 is 11.6 Å². The molecule has 0 aliphatic heterocycles. The van der Waals surface area contributed by atoms with Crippen LogP contribution in [0, 0.1) is 0 Å². The molecule has 0 unspecified atom stereocenters. The Labute approximate surface area is 123 Å². The Morgan fingerprint density at radius 2 is 1.35 bits per heavy atom. The molecule has 1 nitrogen and oxygen atoms in total. The number of rotatable bonds is 2. The van der Waals surface area contributed by atoms with Crippen molar-refractivity contribution in [2.45, 2.75) is 0 Å². The van der Waals surface area contributed by atoms with Gasteiger partial charge in [-0.1, -0.05) is 66.2 Å². The van der Waals surface area contributed by atoms with E-state index in [2.05, 4.69) is 0 Å². The molecule has 20 heavy (non-hydrogen) atoms. The molecule has 0 aliphatic rings. The lowest BCUT2D eigenvalue weighted by atomic mass is 10.00. The maximum atomic E-state index is 9.87. The molecule has 98 valence electrons. The van der Waals surface area contributed by atoms with Crippen molar-refractivity contribution < 1.29 is 5.11 Å². The molecule has 0 heterocycles. The minimum Gasteiger partial charge on any atom is -0.507 e. The van der Waals surface area contributed by atoms with Crippen molar-refractivity contribution in [2.75, 3.05) is 0 Å². The topological polar surface area (TPSA) is 20.2 Å². The van der Waals surface area contributed by atoms with E-state index in [1.807, 2.05) is 66.7 Å². The highest BCUT2D eigenvalue weighted by Gasteiger charge is 2.04. The minimum atomic E-state index is 0.294. The van der Waals surface area contributed by atoms with Crippen LogP contribution in [0.15, 0.2) is 72.8 Å². The number of para-hydroxylation sites is 1. The van der Waals surface area contributed by atoms with Gasteiger partial charge >= 0.3 is 0 Å². The predicted molar refractivity (Wildman–Crippen MR) is 84.0 cm³/mol. The average Bonchev–Trinajstić information content (AvgIpc) is 2.48. The molecule has 3 rings (SSSR count). The zero-order valence-electron chi connectivity index (χ0n) is 10.8. The Hall–Kier alpha value is -2.25. The Morgan fingerprint density at radius 3 is 2.05 bits per heavy atom. The molecule has 0 saturated heterocycles. The maximum absolute atomic E-state index is 9.87. The second kappa shape index (κ2) is 5.40. The van der Waals surface area contributed by atoms with Crippen molar-refractivity contribution >= 4 is 11.6 Å². The van der Waals surface area contributed by atoms with Gasteiger partial charge in [0.15, 0.2) is 0 Å². The Balaban J connectivity index is 1.98. The molecular weight excluding hydrogens is 268 g/mol. The van der Waals surface area contributed by atoms with Crippen molar-refractivity contribution in [2.24, 2.45) is 0 Å². The number of aromatic hydroxyl groups is 1. The van der Waals surface area contributed by atoms with Crippen molar-refractivity contribution in [3.63, 3.8) is 0 Å². The Kier molecular flexibility index (Phi) is 3.44. The highest BCUT2D eigenvalue weighted by atomic mass is 35.5. The van der Waals surface area contributed by atoms with Crippen molar-refractivity contribution in [3.05, 3.63) is 77.8 Å². The summed E-state index contributed by atoms with van der Waals surface area (Å²) in [7, 11) is 0. The molecule has 0 aliphatic carbocycles. The van der Waals surface area contributed by atoms with Gasteiger partial charge in [-0.05, 0) is 34.9 Å². The molecule has 0 atom stereocenters. The van der Waals surface area contributed by atoms with E-state index in [-0.39, 0.29) is 0 Å². The van der Waals surface area contributed by atoms with Crippen LogP contribution in [0.2, 0.25) is 5.02 Å². The number of benzene rings is 3. The number of hydrogen-bond donors (Lipinski definition) is 1. The van der Waals surface area contributed by atoms with E-state index in [9.17, 15) is 5.11 Å². The molecule has 0 aromatic heterocycles. The van der Waals surface area contributed by atoms with Crippen LogP contribution in [0.25, 0.3) is 22.3 Å². The summed E-state index contributed by atoms with van der Waals surface area (Å²) in [6.07, 6.45) is 0. The number of halogens is 1. The molecule has 0 fully saturated rings. The molecule has 1 N–H and O–H groups in total. The molecule has 3 aromatic rings. The van der Waals surface area contributed by atoms with Gasteiger partial charge in [-0.3, -0.25) is 0 Å². The third-order valence-corrected chi connectivity index (χ3v) is 3.49. The Bertz CT molecular complexity index is 732. The lowest BCUT2D eigenvalue weighted by Crippen LogP contribution is -1.81. The summed E-state index contributed by atoms with van der Waals surface area (Å²) in [5.74, 6) is 0.294. The van der Waals surface area contributed by atoms with Crippen LogP contribution in [0.5, 0.6) is 5.75 Å². The monoisotopic (exact) mass is 280 g/mol. The fourth-order valence-corrected chi connectivity index (χ4v) is 2.42. The van der Waals surface area contributed by atoms with Gasteiger partial charge in [-0.2, -0.15) is 0 Å².